The number of hydrogen-bond donors (Lipinski definition) is 1. The zero-order chi connectivity index (χ0) is 14.5. The summed E-state index contributed by atoms with van der Waals surface area (Å²) in [6, 6.07) is 7.29. The number of ether oxygens (including phenoxy) is 2. The minimum absolute atomic E-state index is 0.349. The minimum atomic E-state index is -0.412. The lowest BCUT2D eigenvalue weighted by atomic mass is 10.1. The molecule has 0 aliphatic carbocycles. The van der Waals surface area contributed by atoms with Gasteiger partial charge in [0.25, 0.3) is 0 Å². The van der Waals surface area contributed by atoms with Crippen molar-refractivity contribution < 1.29 is 19.1 Å². The van der Waals surface area contributed by atoms with E-state index in [1.165, 1.54) is 13.2 Å². The topological polar surface area (TPSA) is 68.4 Å². The molecule has 104 valence electrons. The van der Waals surface area contributed by atoms with E-state index >= 15 is 0 Å². The van der Waals surface area contributed by atoms with Crippen LogP contribution in [0, 0.1) is 0 Å². The number of aromatic amines is 1. The Kier molecular flexibility index (Phi) is 4.20. The van der Waals surface area contributed by atoms with Gasteiger partial charge >= 0.3 is 11.9 Å². The van der Waals surface area contributed by atoms with Crippen LogP contribution < -0.4 is 0 Å². The summed E-state index contributed by atoms with van der Waals surface area (Å²) >= 11 is 0. The lowest BCUT2D eigenvalue weighted by Gasteiger charge is -1.96. The van der Waals surface area contributed by atoms with Crippen molar-refractivity contribution in [3.8, 4) is 0 Å². The fourth-order valence-corrected chi connectivity index (χ4v) is 1.82. The second-order valence-electron chi connectivity index (χ2n) is 4.11. The van der Waals surface area contributed by atoms with Crippen molar-refractivity contribution in [3.05, 3.63) is 41.6 Å². The molecule has 5 heteroatoms. The van der Waals surface area contributed by atoms with Crippen LogP contribution >= 0.6 is 0 Å². The third-order valence-corrected chi connectivity index (χ3v) is 2.75. The van der Waals surface area contributed by atoms with Crippen LogP contribution in [0.2, 0.25) is 0 Å². The number of benzene rings is 1. The molecular weight excluding hydrogens is 258 g/mol. The predicted octanol–water partition coefficient (Wildman–Crippen LogP) is 2.53. The van der Waals surface area contributed by atoms with Crippen LogP contribution in [0.3, 0.4) is 0 Å². The first-order valence-corrected chi connectivity index (χ1v) is 6.20. The highest BCUT2D eigenvalue weighted by Gasteiger charge is 2.09. The summed E-state index contributed by atoms with van der Waals surface area (Å²) in [5.74, 6) is -0.792. The van der Waals surface area contributed by atoms with Crippen LogP contribution in [0.25, 0.3) is 17.0 Å². The monoisotopic (exact) mass is 273 g/mol. The van der Waals surface area contributed by atoms with E-state index in [0.717, 1.165) is 16.5 Å². The van der Waals surface area contributed by atoms with Crippen LogP contribution in [0.4, 0.5) is 0 Å². The number of carbonyl (C=O) groups is 2. The largest absolute Gasteiger partial charge is 0.464 e. The normalized spacial score (nSPS) is 10.9. The number of carbonyl (C=O) groups excluding carboxylic acids is 2. The number of fused-ring (bicyclic) bond motifs is 1. The molecular formula is C15H15NO4. The minimum Gasteiger partial charge on any atom is -0.464 e. The molecule has 1 heterocycles. The van der Waals surface area contributed by atoms with Gasteiger partial charge < -0.3 is 14.5 Å². The Morgan fingerprint density at radius 3 is 2.80 bits per heavy atom. The quantitative estimate of drug-likeness (QED) is 0.686. The van der Waals surface area contributed by atoms with E-state index < -0.39 is 5.97 Å². The molecule has 1 aromatic carbocycles. The van der Waals surface area contributed by atoms with Gasteiger partial charge in [0.2, 0.25) is 0 Å². The van der Waals surface area contributed by atoms with Gasteiger partial charge in [-0.1, -0.05) is 12.1 Å². The molecule has 1 N–H and O–H groups in total. The molecule has 0 radical (unpaired) electrons. The number of hydrogen-bond acceptors (Lipinski definition) is 4. The van der Waals surface area contributed by atoms with E-state index in [1.54, 1.807) is 19.1 Å². The Hall–Kier alpha value is -2.56. The highest BCUT2D eigenvalue weighted by Crippen LogP contribution is 2.18. The molecule has 0 bridgehead atoms. The molecule has 20 heavy (non-hydrogen) atoms. The standard InChI is InChI=1S/C15H15NO4/c1-3-20-14(17)7-5-10-4-6-11-9-13(15(18)19-2)16-12(11)8-10/h4-9,16H,3H2,1-2H3. The first-order chi connectivity index (χ1) is 9.63. The summed E-state index contributed by atoms with van der Waals surface area (Å²) in [5.41, 5.74) is 2.04. The maximum atomic E-state index is 11.4. The van der Waals surface area contributed by atoms with Crippen molar-refractivity contribution in [3.63, 3.8) is 0 Å². The molecule has 0 aliphatic rings. The smallest absolute Gasteiger partial charge is 0.354 e. The molecule has 0 saturated carbocycles. The van der Waals surface area contributed by atoms with Crippen LogP contribution in [-0.2, 0) is 14.3 Å². The second-order valence-corrected chi connectivity index (χ2v) is 4.11. The average molecular weight is 273 g/mol. The molecule has 0 atom stereocenters. The summed E-state index contributed by atoms with van der Waals surface area (Å²) in [6.45, 7) is 2.10. The van der Waals surface area contributed by atoms with Crippen molar-refractivity contribution in [2.45, 2.75) is 6.92 Å². The van der Waals surface area contributed by atoms with Crippen molar-refractivity contribution >= 4 is 28.9 Å². The first kappa shape index (κ1) is 13.9. The van der Waals surface area contributed by atoms with Crippen LogP contribution in [0.1, 0.15) is 23.0 Å². The van der Waals surface area contributed by atoms with E-state index in [9.17, 15) is 9.59 Å². The average Bonchev–Trinajstić information content (AvgIpc) is 2.87. The SMILES string of the molecule is CCOC(=O)C=Cc1ccc2cc(C(=O)OC)[nH]c2c1. The molecule has 0 unspecified atom stereocenters. The van der Waals surface area contributed by atoms with E-state index in [0.29, 0.717) is 12.3 Å². The van der Waals surface area contributed by atoms with Gasteiger partial charge in [0.1, 0.15) is 5.69 Å². The number of H-pyrrole nitrogens is 1. The predicted molar refractivity (Wildman–Crippen MR) is 75.3 cm³/mol. The van der Waals surface area contributed by atoms with Gasteiger partial charge in [0, 0.05) is 17.0 Å². The van der Waals surface area contributed by atoms with Crippen LogP contribution in [-0.4, -0.2) is 30.6 Å². The molecule has 2 aromatic rings. The van der Waals surface area contributed by atoms with Gasteiger partial charge in [-0.15, -0.1) is 0 Å². The molecule has 1 aromatic heterocycles. The molecule has 2 rings (SSSR count). The van der Waals surface area contributed by atoms with E-state index in [4.69, 9.17) is 4.74 Å². The van der Waals surface area contributed by atoms with Crippen molar-refractivity contribution in [1.29, 1.82) is 0 Å². The molecule has 0 spiro atoms. The number of rotatable bonds is 4. The Morgan fingerprint density at radius 2 is 2.10 bits per heavy atom. The van der Waals surface area contributed by atoms with Gasteiger partial charge in [0.05, 0.1) is 13.7 Å². The number of esters is 2. The van der Waals surface area contributed by atoms with Crippen molar-refractivity contribution in [2.75, 3.05) is 13.7 Å². The van der Waals surface area contributed by atoms with Gasteiger partial charge in [-0.25, -0.2) is 9.59 Å². The number of methoxy groups -OCH3 is 1. The third-order valence-electron chi connectivity index (χ3n) is 2.75. The Balaban J connectivity index is 2.25. The van der Waals surface area contributed by atoms with E-state index in [-0.39, 0.29) is 5.97 Å². The maximum absolute atomic E-state index is 11.4. The Labute approximate surface area is 116 Å². The van der Waals surface area contributed by atoms with Gasteiger partial charge in [-0.2, -0.15) is 0 Å². The summed E-state index contributed by atoms with van der Waals surface area (Å²) in [4.78, 5) is 25.6. The second kappa shape index (κ2) is 6.06. The highest BCUT2D eigenvalue weighted by molar-refractivity contribution is 5.95. The van der Waals surface area contributed by atoms with Crippen LogP contribution in [0.5, 0.6) is 0 Å². The summed E-state index contributed by atoms with van der Waals surface area (Å²) < 4.78 is 9.46. The number of aromatic nitrogens is 1. The summed E-state index contributed by atoms with van der Waals surface area (Å²) in [5, 5.41) is 0.902. The Bertz CT molecular complexity index is 670. The molecule has 0 aliphatic heterocycles. The molecule has 0 amide bonds. The Morgan fingerprint density at radius 1 is 1.30 bits per heavy atom. The zero-order valence-corrected chi connectivity index (χ0v) is 11.3. The van der Waals surface area contributed by atoms with Crippen molar-refractivity contribution in [1.82, 2.24) is 4.98 Å². The molecule has 5 nitrogen and oxygen atoms in total. The van der Waals surface area contributed by atoms with Gasteiger partial charge in [-0.3, -0.25) is 0 Å². The highest BCUT2D eigenvalue weighted by atomic mass is 16.5. The fraction of sp³-hybridized carbons (Fsp3) is 0.200. The molecule has 0 fully saturated rings. The summed E-state index contributed by atoms with van der Waals surface area (Å²) in [6.07, 6.45) is 3.03. The maximum Gasteiger partial charge on any atom is 0.354 e. The third kappa shape index (κ3) is 3.06. The zero-order valence-electron chi connectivity index (χ0n) is 11.3. The lowest BCUT2D eigenvalue weighted by molar-refractivity contribution is -0.137. The van der Waals surface area contributed by atoms with Gasteiger partial charge in [-0.05, 0) is 30.7 Å². The molecule has 0 saturated heterocycles. The first-order valence-electron chi connectivity index (χ1n) is 6.20. The van der Waals surface area contributed by atoms with E-state index in [2.05, 4.69) is 9.72 Å². The summed E-state index contributed by atoms with van der Waals surface area (Å²) in [7, 11) is 1.33. The van der Waals surface area contributed by atoms with E-state index in [1.807, 2.05) is 18.2 Å². The fourth-order valence-electron chi connectivity index (χ4n) is 1.82. The van der Waals surface area contributed by atoms with Crippen molar-refractivity contribution in [2.24, 2.45) is 0 Å². The lowest BCUT2D eigenvalue weighted by Crippen LogP contribution is -2.00. The van der Waals surface area contributed by atoms with Gasteiger partial charge in [0.15, 0.2) is 0 Å². The van der Waals surface area contributed by atoms with Crippen LogP contribution in [0.15, 0.2) is 30.3 Å². The number of nitrogens with one attached hydrogen (secondary N) is 1.